The van der Waals surface area contributed by atoms with Gasteiger partial charge in [0.05, 0.1) is 11.5 Å². The molecule has 7 heteroatoms. The van der Waals surface area contributed by atoms with Crippen LogP contribution in [0, 0.1) is 34.0 Å². The third-order valence-electron chi connectivity index (χ3n) is 8.34. The van der Waals surface area contributed by atoms with Gasteiger partial charge in [0.2, 0.25) is 0 Å². The van der Waals surface area contributed by atoms with Gasteiger partial charge in [-0.2, -0.15) is 0 Å². The van der Waals surface area contributed by atoms with Crippen molar-refractivity contribution in [3.8, 4) is 0 Å². The fourth-order valence-electron chi connectivity index (χ4n) is 7.09. The number of Topliss-reactive ketones (excluding diaryl/α,β-unsaturated/α-hetero) is 1. The lowest BCUT2D eigenvalue weighted by molar-refractivity contribution is -0.270. The molecule has 2 N–H and O–H groups in total. The summed E-state index contributed by atoms with van der Waals surface area (Å²) >= 11 is 0. The standard InChI is InChI=1S/C22H30O7/c1-11-13-7-14(25)17-21(8-13,18(11)26)19(27)29-16-5-6-20(3,4)15(9-23)22(16,17)10-28-12(2)24/h13-17,23,25H,1,5-10H2,2-4H3/t13-,14-,15+,16-,17+,21-,22-/m0/s1. The molecule has 1 spiro atoms. The zero-order valence-electron chi connectivity index (χ0n) is 17.3. The number of fused-ring (bicyclic) bond motifs is 3. The fourth-order valence-corrected chi connectivity index (χ4v) is 7.09. The molecule has 0 aromatic heterocycles. The van der Waals surface area contributed by atoms with Crippen LogP contribution in [-0.2, 0) is 23.9 Å². The van der Waals surface area contributed by atoms with Crippen molar-refractivity contribution in [2.24, 2.45) is 34.0 Å². The van der Waals surface area contributed by atoms with Crippen LogP contribution in [-0.4, -0.2) is 53.4 Å². The van der Waals surface area contributed by atoms with Gasteiger partial charge in [0.25, 0.3) is 0 Å². The molecule has 2 bridgehead atoms. The van der Waals surface area contributed by atoms with Crippen LogP contribution in [0.3, 0.4) is 0 Å². The van der Waals surface area contributed by atoms with Crippen LogP contribution in [0.15, 0.2) is 12.2 Å². The smallest absolute Gasteiger partial charge is 0.320 e. The monoisotopic (exact) mass is 406 g/mol. The summed E-state index contributed by atoms with van der Waals surface area (Å²) < 4.78 is 11.4. The third kappa shape index (κ3) is 2.46. The number of aliphatic hydroxyl groups excluding tert-OH is 2. The van der Waals surface area contributed by atoms with E-state index in [4.69, 9.17) is 9.47 Å². The largest absolute Gasteiger partial charge is 0.465 e. The number of esters is 2. The Morgan fingerprint density at radius 3 is 2.66 bits per heavy atom. The number of carbonyl (C=O) groups excluding carboxylic acids is 3. The first-order valence-electron chi connectivity index (χ1n) is 10.4. The lowest BCUT2D eigenvalue weighted by atomic mass is 9.43. The topological polar surface area (TPSA) is 110 Å². The Morgan fingerprint density at radius 2 is 2.03 bits per heavy atom. The first-order chi connectivity index (χ1) is 13.5. The number of ketones is 1. The maximum Gasteiger partial charge on any atom is 0.320 e. The highest BCUT2D eigenvalue weighted by Gasteiger charge is 2.77. The number of carbonyl (C=O) groups is 3. The van der Waals surface area contributed by atoms with Gasteiger partial charge in [0.15, 0.2) is 5.78 Å². The van der Waals surface area contributed by atoms with Crippen LogP contribution in [0.5, 0.6) is 0 Å². The molecule has 7 nitrogen and oxygen atoms in total. The minimum absolute atomic E-state index is 0.108. The molecule has 1 aliphatic heterocycles. The van der Waals surface area contributed by atoms with Gasteiger partial charge < -0.3 is 19.7 Å². The Hall–Kier alpha value is -1.73. The van der Waals surface area contributed by atoms with Crippen molar-refractivity contribution in [3.63, 3.8) is 0 Å². The molecule has 4 fully saturated rings. The fraction of sp³-hybridized carbons (Fsp3) is 0.773. The summed E-state index contributed by atoms with van der Waals surface area (Å²) in [6.45, 7) is 8.92. The van der Waals surface area contributed by atoms with Crippen LogP contribution >= 0.6 is 0 Å². The summed E-state index contributed by atoms with van der Waals surface area (Å²) in [5.74, 6) is -2.93. The second-order valence-electron chi connectivity index (χ2n) is 10.1. The van der Waals surface area contributed by atoms with E-state index in [2.05, 4.69) is 6.58 Å². The molecule has 160 valence electrons. The molecule has 0 radical (unpaired) electrons. The van der Waals surface area contributed by atoms with Crippen molar-refractivity contribution < 1.29 is 34.1 Å². The van der Waals surface area contributed by atoms with Crippen molar-refractivity contribution in [2.45, 2.75) is 58.7 Å². The van der Waals surface area contributed by atoms with Gasteiger partial charge in [-0.25, -0.2) is 0 Å². The van der Waals surface area contributed by atoms with Gasteiger partial charge in [-0.15, -0.1) is 0 Å². The molecule has 3 aliphatic carbocycles. The maximum absolute atomic E-state index is 13.3. The molecule has 4 rings (SSSR count). The summed E-state index contributed by atoms with van der Waals surface area (Å²) in [6.07, 6.45) is 0.232. The zero-order valence-corrected chi connectivity index (χ0v) is 17.3. The summed E-state index contributed by atoms with van der Waals surface area (Å²) in [4.78, 5) is 38.3. The van der Waals surface area contributed by atoms with Crippen LogP contribution in [0.4, 0.5) is 0 Å². The molecule has 1 heterocycles. The predicted molar refractivity (Wildman–Crippen MR) is 101 cm³/mol. The van der Waals surface area contributed by atoms with Crippen molar-refractivity contribution >= 4 is 17.7 Å². The SMILES string of the molecule is C=C1C(=O)[C@]23C[C@@H]1C[C@H](O)[C@H]2[C@]1(COC(C)=O)[C@H](CCC(C)(C)[C@H]1CO)OC3=O. The van der Waals surface area contributed by atoms with Crippen molar-refractivity contribution in [1.82, 2.24) is 0 Å². The Kier molecular flexibility index (Phi) is 4.52. The predicted octanol–water partition coefficient (Wildman–Crippen LogP) is 1.40. The quantitative estimate of drug-likeness (QED) is 0.414. The first kappa shape index (κ1) is 20.5. The number of ether oxygens (including phenoxy) is 2. The van der Waals surface area contributed by atoms with E-state index in [1.807, 2.05) is 13.8 Å². The summed E-state index contributed by atoms with van der Waals surface area (Å²) in [5, 5.41) is 21.7. The highest BCUT2D eigenvalue weighted by molar-refractivity contribution is 6.15. The van der Waals surface area contributed by atoms with Gasteiger partial charge in [0, 0.05) is 19.4 Å². The molecule has 7 atom stereocenters. The summed E-state index contributed by atoms with van der Waals surface area (Å²) in [6, 6.07) is 0. The van der Waals surface area contributed by atoms with Crippen LogP contribution in [0.2, 0.25) is 0 Å². The van der Waals surface area contributed by atoms with Gasteiger partial charge in [-0.3, -0.25) is 14.4 Å². The van der Waals surface area contributed by atoms with Crippen molar-refractivity contribution in [3.05, 3.63) is 12.2 Å². The summed E-state index contributed by atoms with van der Waals surface area (Å²) in [7, 11) is 0. The molecular weight excluding hydrogens is 376 g/mol. The van der Waals surface area contributed by atoms with E-state index in [0.29, 0.717) is 24.8 Å². The van der Waals surface area contributed by atoms with E-state index < -0.39 is 46.8 Å². The Bertz CT molecular complexity index is 786. The van der Waals surface area contributed by atoms with E-state index in [9.17, 15) is 24.6 Å². The minimum Gasteiger partial charge on any atom is -0.465 e. The zero-order chi connectivity index (χ0) is 21.4. The number of hydrogen-bond donors (Lipinski definition) is 2. The van der Waals surface area contributed by atoms with Crippen LogP contribution in [0.1, 0.15) is 46.5 Å². The number of hydrogen-bond acceptors (Lipinski definition) is 7. The maximum atomic E-state index is 13.3. The number of allylic oxidation sites excluding steroid dienone is 1. The normalized spacial score (nSPS) is 45.3. The molecule has 0 aromatic carbocycles. The Labute approximate surface area is 170 Å². The third-order valence-corrected chi connectivity index (χ3v) is 8.34. The van der Waals surface area contributed by atoms with E-state index in [-0.39, 0.29) is 36.8 Å². The Morgan fingerprint density at radius 1 is 1.34 bits per heavy atom. The molecule has 3 saturated carbocycles. The number of aliphatic hydroxyl groups is 2. The van der Waals surface area contributed by atoms with Crippen molar-refractivity contribution in [2.75, 3.05) is 13.2 Å². The van der Waals surface area contributed by atoms with Crippen molar-refractivity contribution in [1.29, 1.82) is 0 Å². The first-order valence-corrected chi connectivity index (χ1v) is 10.4. The van der Waals surface area contributed by atoms with E-state index in [1.54, 1.807) is 0 Å². The van der Waals surface area contributed by atoms with Crippen LogP contribution < -0.4 is 0 Å². The second kappa shape index (κ2) is 6.38. The lowest BCUT2D eigenvalue weighted by Gasteiger charge is -2.64. The van der Waals surface area contributed by atoms with E-state index in [0.717, 1.165) is 0 Å². The second-order valence-corrected chi connectivity index (χ2v) is 10.1. The van der Waals surface area contributed by atoms with Gasteiger partial charge in [0.1, 0.15) is 18.1 Å². The lowest BCUT2D eigenvalue weighted by Crippen LogP contribution is -2.72. The molecule has 0 amide bonds. The Balaban J connectivity index is 1.95. The number of rotatable bonds is 3. The average molecular weight is 406 g/mol. The molecule has 1 saturated heterocycles. The van der Waals surface area contributed by atoms with E-state index >= 15 is 0 Å². The highest BCUT2D eigenvalue weighted by Crippen LogP contribution is 2.68. The molecule has 0 unspecified atom stereocenters. The van der Waals surface area contributed by atoms with E-state index in [1.165, 1.54) is 6.92 Å². The summed E-state index contributed by atoms with van der Waals surface area (Å²) in [5.41, 5.74) is -2.55. The van der Waals surface area contributed by atoms with Gasteiger partial charge in [-0.05, 0) is 48.5 Å². The molecule has 0 aromatic rings. The van der Waals surface area contributed by atoms with Gasteiger partial charge in [-0.1, -0.05) is 20.4 Å². The average Bonchev–Trinajstić information content (AvgIpc) is 2.83. The van der Waals surface area contributed by atoms with Crippen LogP contribution in [0.25, 0.3) is 0 Å². The minimum atomic E-state index is -1.52. The molecule has 29 heavy (non-hydrogen) atoms. The van der Waals surface area contributed by atoms with Gasteiger partial charge >= 0.3 is 11.9 Å². The molecular formula is C22H30O7. The highest BCUT2D eigenvalue weighted by atomic mass is 16.6. The molecule has 4 aliphatic rings.